The van der Waals surface area contributed by atoms with Crippen LogP contribution in [0.25, 0.3) is 0 Å². The quantitative estimate of drug-likeness (QED) is 0.640. The largest absolute Gasteiger partial charge is 0.478 e. The number of piperazine rings is 1. The number of hydrogen-bond donors (Lipinski definition) is 2. The van der Waals surface area contributed by atoms with Crippen molar-refractivity contribution in [2.24, 2.45) is 0 Å². The van der Waals surface area contributed by atoms with Crippen molar-refractivity contribution < 1.29 is 23.1 Å². The highest BCUT2D eigenvalue weighted by Crippen LogP contribution is 2.27. The molecule has 0 saturated carbocycles. The van der Waals surface area contributed by atoms with Crippen LogP contribution in [0.2, 0.25) is 0 Å². The minimum atomic E-state index is -3.84. The van der Waals surface area contributed by atoms with Crippen molar-refractivity contribution in [3.8, 4) is 0 Å². The molecule has 1 saturated heterocycles. The highest BCUT2D eigenvalue weighted by atomic mass is 32.2. The van der Waals surface area contributed by atoms with Crippen molar-refractivity contribution in [2.75, 3.05) is 57.9 Å². The second kappa shape index (κ2) is 8.61. The Morgan fingerprint density at radius 3 is 2.56 bits per heavy atom. The lowest BCUT2D eigenvalue weighted by Gasteiger charge is -2.35. The lowest BCUT2D eigenvalue weighted by molar-refractivity contribution is 0.0696. The third-order valence-electron chi connectivity index (χ3n) is 4.08. The summed E-state index contributed by atoms with van der Waals surface area (Å²) in [7, 11) is -1.83. The number of rotatable bonds is 8. The molecule has 1 fully saturated rings. The summed E-state index contributed by atoms with van der Waals surface area (Å²) in [5.74, 6) is -1.16. The number of nitrogens with zero attached hydrogens (tertiary/aromatic N) is 2. The standard InChI is InChI=1S/C16H25N3O5S/c1-3-24-11-6-17-25(22,23)15-12-13(16(20)21)4-5-14(15)19-9-7-18(2)8-10-19/h4-5,12,17H,3,6-11H2,1-2H3,(H,20,21). The predicted octanol–water partition coefficient (Wildman–Crippen LogP) is 0.451. The van der Waals surface area contributed by atoms with Crippen LogP contribution in [-0.2, 0) is 14.8 Å². The van der Waals surface area contributed by atoms with Crippen molar-refractivity contribution in [3.05, 3.63) is 23.8 Å². The van der Waals surface area contributed by atoms with E-state index in [0.717, 1.165) is 13.1 Å². The maximum atomic E-state index is 12.7. The first-order chi connectivity index (χ1) is 11.8. The summed E-state index contributed by atoms with van der Waals surface area (Å²) >= 11 is 0. The van der Waals surface area contributed by atoms with Gasteiger partial charge in [-0.3, -0.25) is 0 Å². The molecule has 1 heterocycles. The van der Waals surface area contributed by atoms with Gasteiger partial charge in [-0.25, -0.2) is 17.9 Å². The summed E-state index contributed by atoms with van der Waals surface area (Å²) < 4.78 is 33.0. The Labute approximate surface area is 148 Å². The first-order valence-corrected chi connectivity index (χ1v) is 9.71. The van der Waals surface area contributed by atoms with Crippen LogP contribution < -0.4 is 9.62 Å². The summed E-state index contributed by atoms with van der Waals surface area (Å²) in [5, 5.41) is 9.20. The third kappa shape index (κ3) is 5.15. The number of anilines is 1. The van der Waals surface area contributed by atoms with Crippen LogP contribution in [0.1, 0.15) is 17.3 Å². The molecule has 1 aromatic carbocycles. The maximum Gasteiger partial charge on any atom is 0.335 e. The summed E-state index contributed by atoms with van der Waals surface area (Å²) in [6, 6.07) is 4.24. The van der Waals surface area contributed by atoms with Gasteiger partial charge in [0.1, 0.15) is 4.90 Å². The number of nitrogens with one attached hydrogen (secondary N) is 1. The maximum absolute atomic E-state index is 12.7. The van der Waals surface area contributed by atoms with E-state index in [-0.39, 0.29) is 23.6 Å². The predicted molar refractivity (Wildman–Crippen MR) is 94.8 cm³/mol. The molecule has 1 aromatic rings. The summed E-state index contributed by atoms with van der Waals surface area (Å²) in [6.45, 7) is 5.73. The number of aromatic carboxylic acids is 1. The number of carboxylic acid groups (broad SMARTS) is 1. The van der Waals surface area contributed by atoms with Crippen molar-refractivity contribution in [1.29, 1.82) is 0 Å². The Kier molecular flexibility index (Phi) is 6.77. The van der Waals surface area contributed by atoms with E-state index in [1.807, 2.05) is 18.9 Å². The smallest absolute Gasteiger partial charge is 0.335 e. The van der Waals surface area contributed by atoms with Crippen molar-refractivity contribution >= 4 is 21.7 Å². The van der Waals surface area contributed by atoms with Gasteiger partial charge in [-0.15, -0.1) is 0 Å². The fraction of sp³-hybridized carbons (Fsp3) is 0.562. The second-order valence-electron chi connectivity index (χ2n) is 5.87. The van der Waals surface area contributed by atoms with E-state index in [1.54, 1.807) is 6.07 Å². The van der Waals surface area contributed by atoms with Gasteiger partial charge in [0.2, 0.25) is 10.0 Å². The van der Waals surface area contributed by atoms with E-state index in [4.69, 9.17) is 4.74 Å². The van der Waals surface area contributed by atoms with Crippen molar-refractivity contribution in [3.63, 3.8) is 0 Å². The van der Waals surface area contributed by atoms with Crippen LogP contribution >= 0.6 is 0 Å². The minimum absolute atomic E-state index is 0.00606. The average molecular weight is 371 g/mol. The lowest BCUT2D eigenvalue weighted by atomic mass is 10.2. The summed E-state index contributed by atoms with van der Waals surface area (Å²) in [4.78, 5) is 15.4. The van der Waals surface area contributed by atoms with Gasteiger partial charge in [-0.05, 0) is 32.2 Å². The molecule has 8 nitrogen and oxygen atoms in total. The fourth-order valence-electron chi connectivity index (χ4n) is 2.64. The van der Waals surface area contributed by atoms with Crippen LogP contribution in [0, 0.1) is 0 Å². The minimum Gasteiger partial charge on any atom is -0.478 e. The van der Waals surface area contributed by atoms with E-state index in [9.17, 15) is 18.3 Å². The van der Waals surface area contributed by atoms with Crippen LogP contribution in [0.3, 0.4) is 0 Å². The molecule has 0 amide bonds. The van der Waals surface area contributed by atoms with Gasteiger partial charge in [-0.2, -0.15) is 0 Å². The normalized spacial score (nSPS) is 16.2. The van der Waals surface area contributed by atoms with E-state index in [0.29, 0.717) is 25.4 Å². The van der Waals surface area contributed by atoms with Crippen LogP contribution in [0.15, 0.2) is 23.1 Å². The molecule has 25 heavy (non-hydrogen) atoms. The third-order valence-corrected chi connectivity index (χ3v) is 5.57. The topological polar surface area (TPSA) is 99.2 Å². The highest BCUT2D eigenvalue weighted by Gasteiger charge is 2.25. The molecular formula is C16H25N3O5S. The molecule has 9 heteroatoms. The first kappa shape index (κ1) is 19.6. The molecular weight excluding hydrogens is 346 g/mol. The molecule has 0 aliphatic carbocycles. The second-order valence-corrected chi connectivity index (χ2v) is 7.61. The van der Waals surface area contributed by atoms with Gasteiger partial charge < -0.3 is 19.6 Å². The zero-order chi connectivity index (χ0) is 18.4. The Balaban J connectivity index is 2.31. The Bertz CT molecular complexity index is 700. The lowest BCUT2D eigenvalue weighted by Crippen LogP contribution is -2.45. The van der Waals surface area contributed by atoms with E-state index >= 15 is 0 Å². The van der Waals surface area contributed by atoms with Gasteiger partial charge in [0.15, 0.2) is 0 Å². The number of sulfonamides is 1. The number of benzene rings is 1. The molecule has 0 aromatic heterocycles. The SMILES string of the molecule is CCOCCNS(=O)(=O)c1cc(C(=O)O)ccc1N1CCN(C)CC1. The van der Waals surface area contributed by atoms with Crippen molar-refractivity contribution in [2.45, 2.75) is 11.8 Å². The number of hydrogen-bond acceptors (Lipinski definition) is 6. The summed E-state index contributed by atoms with van der Waals surface area (Å²) in [5.41, 5.74) is 0.477. The monoisotopic (exact) mass is 371 g/mol. The molecule has 0 atom stereocenters. The van der Waals surface area contributed by atoms with Gasteiger partial charge in [0.25, 0.3) is 0 Å². The zero-order valence-electron chi connectivity index (χ0n) is 14.6. The summed E-state index contributed by atoms with van der Waals surface area (Å²) in [6.07, 6.45) is 0. The number of likely N-dealkylation sites (N-methyl/N-ethyl adjacent to an activating group) is 1. The van der Waals surface area contributed by atoms with Gasteiger partial charge in [0.05, 0.1) is 17.9 Å². The fourth-order valence-corrected chi connectivity index (χ4v) is 3.90. The molecule has 0 radical (unpaired) electrons. The number of carbonyl (C=O) groups is 1. The molecule has 1 aliphatic heterocycles. The van der Waals surface area contributed by atoms with Crippen LogP contribution in [0.4, 0.5) is 5.69 Å². The van der Waals surface area contributed by atoms with Gasteiger partial charge >= 0.3 is 5.97 Å². The van der Waals surface area contributed by atoms with E-state index in [1.165, 1.54) is 12.1 Å². The molecule has 2 N–H and O–H groups in total. The number of carboxylic acids is 1. The molecule has 0 spiro atoms. The van der Waals surface area contributed by atoms with E-state index in [2.05, 4.69) is 9.62 Å². The highest BCUT2D eigenvalue weighted by molar-refractivity contribution is 7.89. The molecule has 0 unspecified atom stereocenters. The van der Waals surface area contributed by atoms with Gasteiger partial charge in [-0.1, -0.05) is 0 Å². The van der Waals surface area contributed by atoms with Crippen LogP contribution in [0.5, 0.6) is 0 Å². The van der Waals surface area contributed by atoms with Crippen molar-refractivity contribution in [1.82, 2.24) is 9.62 Å². The number of ether oxygens (including phenoxy) is 1. The molecule has 140 valence electrons. The van der Waals surface area contributed by atoms with E-state index < -0.39 is 16.0 Å². The first-order valence-electron chi connectivity index (χ1n) is 8.23. The Hall–Kier alpha value is -1.68. The molecule has 1 aliphatic rings. The molecule has 0 bridgehead atoms. The van der Waals surface area contributed by atoms with Gasteiger partial charge in [0, 0.05) is 39.3 Å². The molecule has 2 rings (SSSR count). The average Bonchev–Trinajstić information content (AvgIpc) is 2.59. The zero-order valence-corrected chi connectivity index (χ0v) is 15.4. The Morgan fingerprint density at radius 2 is 1.96 bits per heavy atom. The Morgan fingerprint density at radius 1 is 1.28 bits per heavy atom. The van der Waals surface area contributed by atoms with Crippen LogP contribution in [-0.4, -0.2) is 77.4 Å².